The molecule has 1 saturated heterocycles. The lowest BCUT2D eigenvalue weighted by Crippen LogP contribution is -2.35. The van der Waals surface area contributed by atoms with Gasteiger partial charge in [-0.15, -0.1) is 11.3 Å². The minimum absolute atomic E-state index is 0.0902. The van der Waals surface area contributed by atoms with Crippen LogP contribution in [0, 0.1) is 0 Å². The van der Waals surface area contributed by atoms with E-state index in [0.29, 0.717) is 36.8 Å². The fraction of sp³-hybridized carbons (Fsp3) is 0.364. The maximum atomic E-state index is 13.3. The summed E-state index contributed by atoms with van der Waals surface area (Å²) in [6.45, 7) is 3.16. The molecule has 0 bridgehead atoms. The number of sulfonamides is 1. The fourth-order valence-corrected chi connectivity index (χ4v) is 6.79. The van der Waals surface area contributed by atoms with Crippen molar-refractivity contribution >= 4 is 44.3 Å². The molecule has 0 unspecified atom stereocenters. The minimum Gasteiger partial charge on any atom is -0.492 e. The third-order valence-electron chi connectivity index (χ3n) is 5.12. The van der Waals surface area contributed by atoms with Crippen LogP contribution in [0.5, 0.6) is 5.75 Å². The van der Waals surface area contributed by atoms with Crippen molar-refractivity contribution in [2.75, 3.05) is 25.0 Å². The van der Waals surface area contributed by atoms with Crippen LogP contribution < -0.4 is 10.1 Å². The number of anilines is 1. The Bertz CT molecular complexity index is 1170. The van der Waals surface area contributed by atoms with E-state index >= 15 is 0 Å². The molecular weight excluding hydrogens is 466 g/mol. The van der Waals surface area contributed by atoms with E-state index in [0.717, 1.165) is 29.8 Å². The molecule has 1 amide bonds. The normalized spacial score (nSPS) is 14.9. The first-order valence-electron chi connectivity index (χ1n) is 10.5. The number of rotatable bonds is 8. The summed E-state index contributed by atoms with van der Waals surface area (Å²) < 4.78 is 33.6. The van der Waals surface area contributed by atoms with Gasteiger partial charge in [0.25, 0.3) is 0 Å². The molecule has 0 radical (unpaired) electrons. The highest BCUT2D eigenvalue weighted by Gasteiger charge is 2.29. The first kappa shape index (κ1) is 22.9. The van der Waals surface area contributed by atoms with Crippen LogP contribution in [0.3, 0.4) is 0 Å². The van der Waals surface area contributed by atoms with E-state index in [1.54, 1.807) is 23.5 Å². The lowest BCUT2D eigenvalue weighted by atomic mass is 10.2. The molecule has 1 aromatic carbocycles. The number of carbonyl (C=O) groups is 1. The number of aromatic nitrogens is 1. The summed E-state index contributed by atoms with van der Waals surface area (Å²) in [5.74, 6) is 0.0497. The summed E-state index contributed by atoms with van der Waals surface area (Å²) in [5, 5.41) is 9.57. The SMILES string of the molecule is CCOc1ccc(NC(=O)Cc2csc(-c3ccsc3)n2)cc1S(=O)(=O)N1CCCCC1. The summed E-state index contributed by atoms with van der Waals surface area (Å²) in [6.07, 6.45) is 2.84. The number of hydrogen-bond donors (Lipinski definition) is 1. The molecule has 7 nitrogen and oxygen atoms in total. The molecule has 1 aliphatic heterocycles. The molecule has 1 N–H and O–H groups in total. The van der Waals surface area contributed by atoms with Crippen LogP contribution in [0.2, 0.25) is 0 Å². The molecule has 32 heavy (non-hydrogen) atoms. The number of benzene rings is 1. The zero-order valence-corrected chi connectivity index (χ0v) is 20.2. The topological polar surface area (TPSA) is 88.6 Å². The summed E-state index contributed by atoms with van der Waals surface area (Å²) >= 11 is 3.10. The molecule has 0 atom stereocenters. The monoisotopic (exact) mass is 491 g/mol. The molecule has 0 aliphatic carbocycles. The van der Waals surface area contributed by atoms with Crippen LogP contribution in [-0.2, 0) is 21.2 Å². The van der Waals surface area contributed by atoms with Crippen molar-refractivity contribution in [1.82, 2.24) is 9.29 Å². The number of nitrogens with one attached hydrogen (secondary N) is 1. The van der Waals surface area contributed by atoms with Crippen molar-refractivity contribution < 1.29 is 17.9 Å². The maximum Gasteiger partial charge on any atom is 0.246 e. The Kier molecular flexibility index (Phi) is 7.24. The van der Waals surface area contributed by atoms with Crippen molar-refractivity contribution in [3.63, 3.8) is 0 Å². The third kappa shape index (κ3) is 5.20. The van der Waals surface area contributed by atoms with Gasteiger partial charge in [0.1, 0.15) is 15.7 Å². The lowest BCUT2D eigenvalue weighted by molar-refractivity contribution is -0.115. The van der Waals surface area contributed by atoms with Crippen molar-refractivity contribution in [2.24, 2.45) is 0 Å². The average molecular weight is 492 g/mol. The van der Waals surface area contributed by atoms with E-state index in [1.165, 1.54) is 21.7 Å². The van der Waals surface area contributed by atoms with Gasteiger partial charge in [0.05, 0.1) is 18.7 Å². The highest BCUT2D eigenvalue weighted by molar-refractivity contribution is 7.89. The number of nitrogens with zero attached hydrogens (tertiary/aromatic N) is 2. The Balaban J connectivity index is 1.51. The molecule has 3 heterocycles. The maximum absolute atomic E-state index is 13.3. The Morgan fingerprint density at radius 3 is 2.72 bits per heavy atom. The largest absolute Gasteiger partial charge is 0.492 e. The number of ether oxygens (including phenoxy) is 1. The van der Waals surface area contributed by atoms with Gasteiger partial charge in [-0.25, -0.2) is 13.4 Å². The first-order valence-corrected chi connectivity index (χ1v) is 13.8. The first-order chi connectivity index (χ1) is 15.5. The Morgan fingerprint density at radius 2 is 2.00 bits per heavy atom. The van der Waals surface area contributed by atoms with E-state index < -0.39 is 10.0 Å². The minimum atomic E-state index is -3.71. The van der Waals surface area contributed by atoms with Crippen molar-refractivity contribution in [1.29, 1.82) is 0 Å². The van der Waals surface area contributed by atoms with Crippen molar-refractivity contribution in [3.8, 4) is 16.3 Å². The third-order valence-corrected chi connectivity index (χ3v) is 8.66. The summed E-state index contributed by atoms with van der Waals surface area (Å²) in [7, 11) is -3.71. The van der Waals surface area contributed by atoms with Crippen LogP contribution in [0.25, 0.3) is 10.6 Å². The predicted octanol–water partition coefficient (Wildman–Crippen LogP) is 4.63. The van der Waals surface area contributed by atoms with Gasteiger partial charge in [-0.05, 0) is 49.4 Å². The van der Waals surface area contributed by atoms with E-state index in [9.17, 15) is 13.2 Å². The molecule has 3 aromatic rings. The number of amides is 1. The second kappa shape index (κ2) is 10.1. The zero-order chi connectivity index (χ0) is 22.6. The van der Waals surface area contributed by atoms with Crippen LogP contribution in [0.1, 0.15) is 31.9 Å². The van der Waals surface area contributed by atoms with E-state index in [1.807, 2.05) is 29.1 Å². The fourth-order valence-electron chi connectivity index (χ4n) is 3.58. The van der Waals surface area contributed by atoms with Crippen LogP contribution in [0.4, 0.5) is 5.69 Å². The molecule has 1 aliphatic rings. The second-order valence-corrected chi connectivity index (χ2v) is 11.0. The molecule has 4 rings (SSSR count). The number of thiazole rings is 1. The van der Waals surface area contributed by atoms with Gasteiger partial charge >= 0.3 is 0 Å². The van der Waals surface area contributed by atoms with E-state index in [-0.39, 0.29) is 17.2 Å². The van der Waals surface area contributed by atoms with Gasteiger partial charge in [0.15, 0.2) is 0 Å². The molecule has 10 heteroatoms. The van der Waals surface area contributed by atoms with Gasteiger partial charge in [-0.1, -0.05) is 6.42 Å². The molecule has 0 saturated carbocycles. The lowest BCUT2D eigenvalue weighted by Gasteiger charge is -2.27. The number of carbonyl (C=O) groups excluding carboxylic acids is 1. The Hall–Kier alpha value is -2.27. The van der Waals surface area contributed by atoms with E-state index in [4.69, 9.17) is 4.74 Å². The molecule has 2 aromatic heterocycles. The highest BCUT2D eigenvalue weighted by atomic mass is 32.2. The second-order valence-electron chi connectivity index (χ2n) is 7.44. The van der Waals surface area contributed by atoms with Crippen molar-refractivity contribution in [2.45, 2.75) is 37.5 Å². The summed E-state index contributed by atoms with van der Waals surface area (Å²) in [5.41, 5.74) is 2.15. The van der Waals surface area contributed by atoms with Crippen molar-refractivity contribution in [3.05, 3.63) is 46.1 Å². The van der Waals surface area contributed by atoms with Crippen LogP contribution >= 0.6 is 22.7 Å². The zero-order valence-electron chi connectivity index (χ0n) is 17.7. The highest BCUT2D eigenvalue weighted by Crippen LogP contribution is 2.32. The average Bonchev–Trinajstić information content (AvgIpc) is 3.47. The number of thiophene rings is 1. The summed E-state index contributed by atoms with van der Waals surface area (Å²) in [6, 6.07) is 6.76. The van der Waals surface area contributed by atoms with Crippen LogP contribution in [0.15, 0.2) is 45.3 Å². The van der Waals surface area contributed by atoms with Crippen LogP contribution in [-0.4, -0.2) is 43.3 Å². The van der Waals surface area contributed by atoms with Gasteiger partial charge < -0.3 is 10.1 Å². The van der Waals surface area contributed by atoms with Gasteiger partial charge in [0, 0.05) is 35.1 Å². The summed E-state index contributed by atoms with van der Waals surface area (Å²) in [4.78, 5) is 17.2. The predicted molar refractivity (Wildman–Crippen MR) is 128 cm³/mol. The molecule has 1 fully saturated rings. The standard InChI is InChI=1S/C22H25N3O4S3/c1-2-29-19-7-6-17(12-20(19)32(27,28)25-9-4-3-5-10-25)23-21(26)13-18-15-31-22(24-18)16-8-11-30-14-16/h6-8,11-12,14-15H,2-5,9-10,13H2,1H3,(H,23,26). The van der Waals surface area contributed by atoms with Gasteiger partial charge in [-0.3, -0.25) is 4.79 Å². The Labute approximate surface area is 196 Å². The number of piperidine rings is 1. The quantitative estimate of drug-likeness (QED) is 0.496. The number of hydrogen-bond acceptors (Lipinski definition) is 7. The smallest absolute Gasteiger partial charge is 0.246 e. The molecular formula is C22H25N3O4S3. The van der Waals surface area contributed by atoms with Gasteiger partial charge in [0.2, 0.25) is 15.9 Å². The molecule has 0 spiro atoms. The Morgan fingerprint density at radius 1 is 1.19 bits per heavy atom. The van der Waals surface area contributed by atoms with E-state index in [2.05, 4.69) is 10.3 Å². The van der Waals surface area contributed by atoms with Gasteiger partial charge in [-0.2, -0.15) is 15.6 Å². The molecule has 170 valence electrons.